The van der Waals surface area contributed by atoms with Gasteiger partial charge in [-0.2, -0.15) is 10.2 Å². The molecule has 2 aliphatic rings. The number of fused-ring (bicyclic) bond motifs is 1. The Hall–Kier alpha value is -3.82. The number of amides is 1. The van der Waals surface area contributed by atoms with E-state index < -0.39 is 5.82 Å². The quantitative estimate of drug-likeness (QED) is 0.343. The summed E-state index contributed by atoms with van der Waals surface area (Å²) in [6.07, 6.45) is 6.14. The van der Waals surface area contributed by atoms with E-state index >= 15 is 0 Å². The van der Waals surface area contributed by atoms with Gasteiger partial charge in [-0.1, -0.05) is 11.6 Å². The highest BCUT2D eigenvalue weighted by Gasteiger charge is 2.30. The minimum Gasteiger partial charge on any atom is -0.410 e. The molecule has 38 heavy (non-hydrogen) atoms. The molecule has 0 atom stereocenters. The van der Waals surface area contributed by atoms with Gasteiger partial charge < -0.3 is 19.9 Å². The highest BCUT2D eigenvalue weighted by Crippen LogP contribution is 2.31. The Morgan fingerprint density at radius 3 is 2.68 bits per heavy atom. The van der Waals surface area contributed by atoms with Crippen molar-refractivity contribution in [1.29, 1.82) is 0 Å². The second-order valence-corrected chi connectivity index (χ2v) is 10.0. The van der Waals surface area contributed by atoms with E-state index in [0.717, 1.165) is 23.9 Å². The summed E-state index contributed by atoms with van der Waals surface area (Å²) in [5.74, 6) is 0.0131. The predicted octanol–water partition coefficient (Wildman–Crippen LogP) is 5.90. The molecule has 2 aromatic carbocycles. The summed E-state index contributed by atoms with van der Waals surface area (Å²) in [5, 5.41) is 12.6. The molecular formula is C28H26ClFN6O2. The van der Waals surface area contributed by atoms with Crippen LogP contribution in [-0.2, 0) is 0 Å². The third-order valence-electron chi connectivity index (χ3n) is 7.19. The van der Waals surface area contributed by atoms with Crippen molar-refractivity contribution in [3.8, 4) is 17.0 Å². The second kappa shape index (κ2) is 10.5. The average molecular weight is 533 g/mol. The molecule has 1 amide bonds. The number of benzene rings is 2. The second-order valence-electron chi connectivity index (χ2n) is 9.59. The Morgan fingerprint density at radius 1 is 1.05 bits per heavy atom. The summed E-state index contributed by atoms with van der Waals surface area (Å²) in [4.78, 5) is 21.5. The van der Waals surface area contributed by atoms with E-state index in [2.05, 4.69) is 25.4 Å². The van der Waals surface area contributed by atoms with Crippen molar-refractivity contribution in [3.05, 3.63) is 71.8 Å². The first-order chi connectivity index (χ1) is 18.5. The largest absolute Gasteiger partial charge is 0.415 e. The number of likely N-dealkylation sites (tertiary alicyclic amines) is 2. The Kier molecular flexibility index (Phi) is 6.78. The van der Waals surface area contributed by atoms with Crippen LogP contribution in [0.25, 0.3) is 22.2 Å². The molecule has 0 aliphatic carbocycles. The molecule has 194 valence electrons. The van der Waals surface area contributed by atoms with Gasteiger partial charge in [0.1, 0.15) is 11.6 Å². The van der Waals surface area contributed by atoms with Gasteiger partial charge >= 0.3 is 6.09 Å². The van der Waals surface area contributed by atoms with Crippen molar-refractivity contribution in [2.45, 2.75) is 25.3 Å². The number of hydrogen-bond donors (Lipinski definition) is 1. The van der Waals surface area contributed by atoms with E-state index in [9.17, 15) is 9.18 Å². The van der Waals surface area contributed by atoms with Gasteiger partial charge in [-0.05, 0) is 74.8 Å². The molecule has 4 aromatic rings. The van der Waals surface area contributed by atoms with Crippen molar-refractivity contribution in [3.63, 3.8) is 0 Å². The molecule has 6 rings (SSSR count). The van der Waals surface area contributed by atoms with Crippen molar-refractivity contribution in [2.75, 3.05) is 31.5 Å². The number of nitrogens with one attached hydrogen (secondary N) is 1. The fourth-order valence-corrected chi connectivity index (χ4v) is 5.17. The summed E-state index contributed by atoms with van der Waals surface area (Å²) in [7, 11) is 0. The van der Waals surface area contributed by atoms with Crippen molar-refractivity contribution < 1.29 is 13.9 Å². The molecule has 10 heteroatoms. The number of aromatic nitrogens is 3. The zero-order chi connectivity index (χ0) is 26.1. The zero-order valence-electron chi connectivity index (χ0n) is 20.6. The number of nitrogens with zero attached hydrogens (tertiary/aromatic N) is 5. The van der Waals surface area contributed by atoms with Crippen LogP contribution in [0.4, 0.5) is 20.6 Å². The number of pyridine rings is 1. The van der Waals surface area contributed by atoms with E-state index in [0.29, 0.717) is 46.8 Å². The maximum absolute atomic E-state index is 14.3. The van der Waals surface area contributed by atoms with Gasteiger partial charge in [0.15, 0.2) is 0 Å². The third kappa shape index (κ3) is 5.12. The molecule has 2 fully saturated rings. The van der Waals surface area contributed by atoms with Gasteiger partial charge in [-0.15, -0.1) is 0 Å². The summed E-state index contributed by atoms with van der Waals surface area (Å²) < 4.78 is 20.0. The Morgan fingerprint density at radius 2 is 1.89 bits per heavy atom. The maximum Gasteiger partial charge on any atom is 0.415 e. The maximum atomic E-state index is 14.3. The van der Waals surface area contributed by atoms with Crippen LogP contribution in [0.15, 0.2) is 60.9 Å². The van der Waals surface area contributed by atoms with Crippen molar-refractivity contribution >= 4 is 40.0 Å². The fourth-order valence-electron chi connectivity index (χ4n) is 5.00. The molecular weight excluding hydrogens is 507 g/mol. The zero-order valence-corrected chi connectivity index (χ0v) is 21.4. The van der Waals surface area contributed by atoms with Crippen LogP contribution in [0, 0.1) is 5.82 Å². The number of anilines is 2. The van der Waals surface area contributed by atoms with Crippen LogP contribution in [0.1, 0.15) is 19.3 Å². The van der Waals surface area contributed by atoms with Crippen molar-refractivity contribution in [1.82, 2.24) is 25.0 Å². The standard InChI is InChI=1S/C28H26ClFN6O2/c29-18-2-5-24(30)23(14-18)27-15-19(17-32-34-27)33-25-6-9-31-26-16-21(3-4-22(25)26)38-28(37)36-12-7-20(8-13-36)35-10-1-11-35/h2-6,9,14-17,20H,1,7-8,10-13H2,(H,31,33,34). The molecule has 0 spiro atoms. The number of carbonyl (C=O) groups is 1. The summed E-state index contributed by atoms with van der Waals surface area (Å²) >= 11 is 6.04. The molecule has 1 N–H and O–H groups in total. The number of halogens is 2. The van der Waals surface area contributed by atoms with Crippen LogP contribution in [-0.4, -0.2) is 63.3 Å². The third-order valence-corrected chi connectivity index (χ3v) is 7.42. The number of rotatable bonds is 5. The molecule has 4 heterocycles. The molecule has 8 nitrogen and oxygen atoms in total. The fraction of sp³-hybridized carbons (Fsp3) is 0.286. The van der Waals surface area contributed by atoms with E-state index in [4.69, 9.17) is 16.3 Å². The smallest absolute Gasteiger partial charge is 0.410 e. The highest BCUT2D eigenvalue weighted by molar-refractivity contribution is 6.30. The molecule has 0 bridgehead atoms. The van der Waals surface area contributed by atoms with E-state index in [1.54, 1.807) is 35.5 Å². The molecule has 0 saturated carbocycles. The molecule has 2 aliphatic heterocycles. The van der Waals surface area contributed by atoms with Gasteiger partial charge in [0.2, 0.25) is 0 Å². The van der Waals surface area contributed by atoms with Gasteiger partial charge in [-0.25, -0.2) is 9.18 Å². The normalized spacial score (nSPS) is 16.3. The van der Waals surface area contributed by atoms with E-state index in [1.165, 1.54) is 37.7 Å². The average Bonchev–Trinajstić information content (AvgIpc) is 2.90. The summed E-state index contributed by atoms with van der Waals surface area (Å²) in [6.45, 7) is 3.77. The minimum atomic E-state index is -0.433. The monoisotopic (exact) mass is 532 g/mol. The highest BCUT2D eigenvalue weighted by atomic mass is 35.5. The SMILES string of the molecule is O=C(Oc1ccc2c(Nc3cnnc(-c4cc(Cl)ccc4F)c3)ccnc2c1)N1CCC(N2CCC2)CC1. The van der Waals surface area contributed by atoms with Crippen LogP contribution in [0.5, 0.6) is 5.75 Å². The number of carbonyl (C=O) groups excluding carboxylic acids is 1. The molecule has 2 aromatic heterocycles. The Labute approximate surface area is 224 Å². The first-order valence-electron chi connectivity index (χ1n) is 12.7. The number of piperidine rings is 1. The van der Waals surface area contributed by atoms with Crippen LogP contribution >= 0.6 is 11.6 Å². The van der Waals surface area contributed by atoms with E-state index in [1.807, 2.05) is 12.1 Å². The molecule has 2 saturated heterocycles. The number of hydrogen-bond acceptors (Lipinski definition) is 7. The van der Waals surface area contributed by atoms with Crippen LogP contribution < -0.4 is 10.1 Å². The lowest BCUT2D eigenvalue weighted by molar-refractivity contribution is 0.0636. The number of ether oxygens (including phenoxy) is 1. The van der Waals surface area contributed by atoms with Crippen molar-refractivity contribution in [2.24, 2.45) is 0 Å². The first-order valence-corrected chi connectivity index (χ1v) is 13.1. The summed E-state index contributed by atoms with van der Waals surface area (Å²) in [5.41, 5.74) is 2.69. The molecule has 0 unspecified atom stereocenters. The van der Waals surface area contributed by atoms with Gasteiger partial charge in [0.25, 0.3) is 0 Å². The van der Waals surface area contributed by atoms with Gasteiger partial charge in [0.05, 0.1) is 23.1 Å². The van der Waals surface area contributed by atoms with E-state index in [-0.39, 0.29) is 11.7 Å². The molecule has 0 radical (unpaired) electrons. The Bertz CT molecular complexity index is 1490. The van der Waals surface area contributed by atoms with Crippen LogP contribution in [0.3, 0.4) is 0 Å². The van der Waals surface area contributed by atoms with Gasteiger partial charge in [-0.3, -0.25) is 4.98 Å². The lowest BCUT2D eigenvalue weighted by atomic mass is 10.00. The lowest BCUT2D eigenvalue weighted by Gasteiger charge is -2.42. The Balaban J connectivity index is 1.16. The summed E-state index contributed by atoms with van der Waals surface area (Å²) in [6, 6.07) is 13.8. The lowest BCUT2D eigenvalue weighted by Crippen LogP contribution is -2.51. The van der Waals surface area contributed by atoms with Gasteiger partial charge in [0, 0.05) is 53.1 Å². The van der Waals surface area contributed by atoms with Crippen LogP contribution in [0.2, 0.25) is 5.02 Å². The predicted molar refractivity (Wildman–Crippen MR) is 144 cm³/mol. The topological polar surface area (TPSA) is 83.5 Å². The minimum absolute atomic E-state index is 0.268. The first kappa shape index (κ1) is 24.5.